The molecule has 4 nitrogen and oxygen atoms in total. The Kier molecular flexibility index (Phi) is 4.23. The second-order valence-electron chi connectivity index (χ2n) is 4.27. The van der Waals surface area contributed by atoms with Gasteiger partial charge in [-0.25, -0.2) is 0 Å². The fourth-order valence-corrected chi connectivity index (χ4v) is 3.57. The van der Waals surface area contributed by atoms with Crippen molar-refractivity contribution in [3.05, 3.63) is 11.9 Å². The molecular formula is C11H20N4S. The molecule has 0 radical (unpaired) electrons. The zero-order valence-electron chi connectivity index (χ0n) is 10.0. The Bertz CT molecular complexity index is 320. The summed E-state index contributed by atoms with van der Waals surface area (Å²) in [6.07, 6.45) is 5.70. The van der Waals surface area contributed by atoms with Gasteiger partial charge in [-0.2, -0.15) is 11.8 Å². The van der Waals surface area contributed by atoms with Crippen LogP contribution in [0.5, 0.6) is 0 Å². The second kappa shape index (κ2) is 5.68. The lowest BCUT2D eigenvalue weighted by Gasteiger charge is -2.23. The molecule has 2 atom stereocenters. The molecule has 2 rings (SSSR count). The number of nitrogens with zero attached hydrogens (tertiary/aromatic N) is 3. The molecule has 16 heavy (non-hydrogen) atoms. The van der Waals surface area contributed by atoms with Crippen molar-refractivity contribution in [3.63, 3.8) is 0 Å². The van der Waals surface area contributed by atoms with Crippen LogP contribution in [0.1, 0.15) is 37.9 Å². The third-order valence-corrected chi connectivity index (χ3v) is 4.48. The van der Waals surface area contributed by atoms with Crippen LogP contribution < -0.4 is 5.32 Å². The van der Waals surface area contributed by atoms with E-state index in [1.807, 2.05) is 17.9 Å². The minimum Gasteiger partial charge on any atom is -0.308 e. The van der Waals surface area contributed by atoms with Gasteiger partial charge < -0.3 is 5.32 Å². The molecule has 1 saturated heterocycles. The van der Waals surface area contributed by atoms with E-state index in [2.05, 4.69) is 34.3 Å². The summed E-state index contributed by atoms with van der Waals surface area (Å²) in [7, 11) is 1.97. The molecule has 0 saturated carbocycles. The normalized spacial score (nSPS) is 22.5. The first-order valence-corrected chi connectivity index (χ1v) is 7.07. The number of hydrogen-bond donors (Lipinski definition) is 1. The Hall–Kier alpha value is -0.550. The third-order valence-electron chi connectivity index (χ3n) is 3.02. The van der Waals surface area contributed by atoms with Gasteiger partial charge in [0.25, 0.3) is 0 Å². The topological polar surface area (TPSA) is 42.7 Å². The Morgan fingerprint density at radius 2 is 2.56 bits per heavy atom. The first-order valence-electron chi connectivity index (χ1n) is 6.02. The lowest BCUT2D eigenvalue weighted by atomic mass is 10.1. The fraction of sp³-hybridized carbons (Fsp3) is 0.818. The maximum Gasteiger partial charge on any atom is 0.0764 e. The number of thioether (sulfide) groups is 1. The number of rotatable bonds is 5. The van der Waals surface area contributed by atoms with Crippen molar-refractivity contribution in [2.45, 2.75) is 37.5 Å². The van der Waals surface area contributed by atoms with Crippen molar-refractivity contribution < 1.29 is 0 Å². The van der Waals surface area contributed by atoms with E-state index < -0.39 is 0 Å². The van der Waals surface area contributed by atoms with Crippen molar-refractivity contribution in [3.8, 4) is 0 Å². The van der Waals surface area contributed by atoms with Crippen LogP contribution >= 0.6 is 11.8 Å². The Morgan fingerprint density at radius 3 is 3.12 bits per heavy atom. The molecule has 1 aliphatic rings. The van der Waals surface area contributed by atoms with E-state index in [0.29, 0.717) is 11.3 Å². The summed E-state index contributed by atoms with van der Waals surface area (Å²) in [6.45, 7) is 3.26. The second-order valence-corrected chi connectivity index (χ2v) is 5.61. The molecule has 1 aromatic rings. The summed E-state index contributed by atoms with van der Waals surface area (Å²) in [5, 5.41) is 12.3. The van der Waals surface area contributed by atoms with Gasteiger partial charge in [-0.15, -0.1) is 5.10 Å². The average Bonchev–Trinajstić information content (AvgIpc) is 2.91. The molecule has 2 heterocycles. The van der Waals surface area contributed by atoms with Gasteiger partial charge in [0.05, 0.1) is 17.9 Å². The lowest BCUT2D eigenvalue weighted by Crippen LogP contribution is -2.31. The van der Waals surface area contributed by atoms with Crippen LogP contribution in [0.4, 0.5) is 0 Å². The molecule has 90 valence electrons. The molecular weight excluding hydrogens is 220 g/mol. The van der Waals surface area contributed by atoms with E-state index in [0.717, 1.165) is 6.54 Å². The van der Waals surface area contributed by atoms with Gasteiger partial charge in [0.15, 0.2) is 0 Å². The minimum atomic E-state index is 0.410. The van der Waals surface area contributed by atoms with E-state index in [1.54, 1.807) is 0 Å². The molecule has 0 aromatic carbocycles. The zero-order valence-corrected chi connectivity index (χ0v) is 10.8. The van der Waals surface area contributed by atoms with Crippen molar-refractivity contribution in [1.29, 1.82) is 0 Å². The molecule has 0 aliphatic carbocycles. The third kappa shape index (κ3) is 2.58. The van der Waals surface area contributed by atoms with E-state index in [9.17, 15) is 0 Å². The van der Waals surface area contributed by atoms with Crippen LogP contribution in [0.3, 0.4) is 0 Å². The molecule has 1 aromatic heterocycles. The van der Waals surface area contributed by atoms with Gasteiger partial charge in [-0.3, -0.25) is 4.68 Å². The Balaban J connectivity index is 2.10. The van der Waals surface area contributed by atoms with Gasteiger partial charge in [0.1, 0.15) is 0 Å². The average molecular weight is 240 g/mol. The largest absolute Gasteiger partial charge is 0.308 e. The Morgan fingerprint density at radius 1 is 1.69 bits per heavy atom. The van der Waals surface area contributed by atoms with Crippen LogP contribution in [-0.2, 0) is 7.05 Å². The first kappa shape index (κ1) is 11.9. The van der Waals surface area contributed by atoms with Gasteiger partial charge in [-0.1, -0.05) is 12.1 Å². The molecule has 0 bridgehead atoms. The maximum absolute atomic E-state index is 4.03. The molecule has 0 amide bonds. The van der Waals surface area contributed by atoms with Crippen molar-refractivity contribution in [1.82, 2.24) is 20.3 Å². The van der Waals surface area contributed by atoms with Crippen LogP contribution in [-0.4, -0.2) is 32.5 Å². The lowest BCUT2D eigenvalue weighted by molar-refractivity contribution is 0.472. The van der Waals surface area contributed by atoms with E-state index in [4.69, 9.17) is 0 Å². The maximum atomic E-state index is 4.03. The van der Waals surface area contributed by atoms with Crippen LogP contribution in [0.15, 0.2) is 6.20 Å². The van der Waals surface area contributed by atoms with E-state index in [-0.39, 0.29) is 0 Å². The van der Waals surface area contributed by atoms with Crippen molar-refractivity contribution in [2.75, 3.05) is 12.3 Å². The Labute approximate surface area is 101 Å². The van der Waals surface area contributed by atoms with E-state index in [1.165, 1.54) is 30.7 Å². The highest BCUT2D eigenvalue weighted by molar-refractivity contribution is 8.00. The molecule has 1 aliphatic heterocycles. The highest BCUT2D eigenvalue weighted by Crippen LogP contribution is 2.35. The van der Waals surface area contributed by atoms with Gasteiger partial charge in [0, 0.05) is 12.3 Å². The van der Waals surface area contributed by atoms with Gasteiger partial charge >= 0.3 is 0 Å². The molecule has 1 N–H and O–H groups in total. The monoisotopic (exact) mass is 240 g/mol. The SMILES string of the molecule is CCCNC(c1cnnn1C)C1CCCS1. The molecule has 2 unspecified atom stereocenters. The predicted molar refractivity (Wildman–Crippen MR) is 67.5 cm³/mol. The number of hydrogen-bond acceptors (Lipinski definition) is 4. The fourth-order valence-electron chi connectivity index (χ4n) is 2.17. The van der Waals surface area contributed by atoms with Crippen LogP contribution in [0.2, 0.25) is 0 Å². The number of aryl methyl sites for hydroxylation is 1. The summed E-state index contributed by atoms with van der Waals surface area (Å²) >= 11 is 2.08. The van der Waals surface area contributed by atoms with E-state index >= 15 is 0 Å². The zero-order chi connectivity index (χ0) is 11.4. The van der Waals surface area contributed by atoms with Crippen molar-refractivity contribution in [2.24, 2.45) is 7.05 Å². The smallest absolute Gasteiger partial charge is 0.0764 e. The van der Waals surface area contributed by atoms with Gasteiger partial charge in [0.2, 0.25) is 0 Å². The minimum absolute atomic E-state index is 0.410. The van der Waals surface area contributed by atoms with Gasteiger partial charge in [-0.05, 0) is 31.6 Å². The summed E-state index contributed by atoms with van der Waals surface area (Å²) in [5.74, 6) is 1.29. The molecule has 5 heteroatoms. The number of nitrogens with one attached hydrogen (secondary N) is 1. The number of aromatic nitrogens is 3. The first-order chi connectivity index (χ1) is 7.83. The highest BCUT2D eigenvalue weighted by Gasteiger charge is 2.28. The quantitative estimate of drug-likeness (QED) is 0.851. The van der Waals surface area contributed by atoms with Crippen LogP contribution in [0, 0.1) is 0 Å². The summed E-state index contributed by atoms with van der Waals surface area (Å²) < 4.78 is 1.90. The predicted octanol–water partition coefficient (Wildman–Crippen LogP) is 1.75. The van der Waals surface area contributed by atoms with Crippen LogP contribution in [0.25, 0.3) is 0 Å². The highest BCUT2D eigenvalue weighted by atomic mass is 32.2. The summed E-state index contributed by atoms with van der Waals surface area (Å²) in [5.41, 5.74) is 1.22. The van der Waals surface area contributed by atoms with Crippen molar-refractivity contribution >= 4 is 11.8 Å². The summed E-state index contributed by atoms with van der Waals surface area (Å²) in [4.78, 5) is 0. The molecule has 0 spiro atoms. The summed E-state index contributed by atoms with van der Waals surface area (Å²) in [6, 6.07) is 0.410. The standard InChI is InChI=1S/C11H20N4S/c1-3-6-12-11(10-5-4-7-16-10)9-8-13-14-15(9)2/h8,10-12H,3-7H2,1-2H3. The molecule has 1 fully saturated rings.